The average Bonchev–Trinajstić information content (AvgIpc) is 2.87. The fraction of sp³-hybridized carbons (Fsp3) is 0.562. The molecule has 1 aliphatic heterocycles. The number of fused-ring (bicyclic) bond motifs is 1. The van der Waals surface area contributed by atoms with Crippen LogP contribution in [0, 0.1) is 0 Å². The van der Waals surface area contributed by atoms with Gasteiger partial charge in [0.2, 0.25) is 0 Å². The maximum absolute atomic E-state index is 9.49. The number of thioether (sulfide) groups is 1. The first kappa shape index (κ1) is 16.9. The summed E-state index contributed by atoms with van der Waals surface area (Å²) in [7, 11) is 0. The minimum Gasteiger partial charge on any atom is -0.393 e. The first-order valence-corrected chi connectivity index (χ1v) is 9.28. The second kappa shape index (κ2) is 7.30. The van der Waals surface area contributed by atoms with Gasteiger partial charge in [-0.05, 0) is 25.5 Å². The molecule has 23 heavy (non-hydrogen) atoms. The molecule has 0 spiro atoms. The van der Waals surface area contributed by atoms with Gasteiger partial charge in [-0.3, -0.25) is 0 Å². The zero-order chi connectivity index (χ0) is 16.4. The lowest BCUT2D eigenvalue weighted by atomic mass is 10.2. The SMILES string of the molecule is C[C@@H](O)C[C@H](C)Sc1nc2cc(N3CCNCC3)c(Cl)cc2[nH]1. The summed E-state index contributed by atoms with van der Waals surface area (Å²) in [5.41, 5.74) is 2.95. The molecule has 1 saturated heterocycles. The zero-order valence-corrected chi connectivity index (χ0v) is 15.0. The maximum Gasteiger partial charge on any atom is 0.166 e. The molecule has 7 heteroatoms. The quantitative estimate of drug-likeness (QED) is 0.720. The number of benzene rings is 1. The average molecular weight is 355 g/mol. The van der Waals surface area contributed by atoms with Crippen molar-refractivity contribution in [1.29, 1.82) is 0 Å². The lowest BCUT2D eigenvalue weighted by Crippen LogP contribution is -2.43. The van der Waals surface area contributed by atoms with E-state index in [1.54, 1.807) is 11.8 Å². The number of aromatic amines is 1. The van der Waals surface area contributed by atoms with Gasteiger partial charge in [-0.2, -0.15) is 0 Å². The van der Waals surface area contributed by atoms with Gasteiger partial charge in [0, 0.05) is 31.4 Å². The molecule has 1 aromatic heterocycles. The number of hydrogen-bond donors (Lipinski definition) is 3. The van der Waals surface area contributed by atoms with Crippen molar-refractivity contribution in [3.05, 3.63) is 17.2 Å². The summed E-state index contributed by atoms with van der Waals surface area (Å²) in [6.45, 7) is 7.80. The van der Waals surface area contributed by atoms with Crippen LogP contribution in [0.1, 0.15) is 20.3 Å². The Bertz CT molecular complexity index is 669. The van der Waals surface area contributed by atoms with E-state index in [2.05, 4.69) is 33.2 Å². The van der Waals surface area contributed by atoms with Gasteiger partial charge >= 0.3 is 0 Å². The highest BCUT2D eigenvalue weighted by molar-refractivity contribution is 7.99. The molecule has 0 unspecified atom stereocenters. The predicted molar refractivity (Wildman–Crippen MR) is 97.8 cm³/mol. The van der Waals surface area contributed by atoms with Crippen LogP contribution in [0.2, 0.25) is 5.02 Å². The van der Waals surface area contributed by atoms with Crippen LogP contribution < -0.4 is 10.2 Å². The van der Waals surface area contributed by atoms with Crippen molar-refractivity contribution < 1.29 is 5.11 Å². The van der Waals surface area contributed by atoms with E-state index >= 15 is 0 Å². The minimum absolute atomic E-state index is 0.296. The van der Waals surface area contributed by atoms with Gasteiger partial charge in [-0.1, -0.05) is 30.3 Å². The summed E-state index contributed by atoms with van der Waals surface area (Å²) in [5.74, 6) is 0. The summed E-state index contributed by atoms with van der Waals surface area (Å²) in [6.07, 6.45) is 0.449. The summed E-state index contributed by atoms with van der Waals surface area (Å²) in [6, 6.07) is 4.04. The van der Waals surface area contributed by atoms with Crippen LogP contribution >= 0.6 is 23.4 Å². The molecule has 0 aliphatic carbocycles. The lowest BCUT2D eigenvalue weighted by molar-refractivity contribution is 0.185. The van der Waals surface area contributed by atoms with Crippen molar-refractivity contribution in [2.45, 2.75) is 36.8 Å². The standard InChI is InChI=1S/C16H23ClN4OS/c1-10(22)7-11(2)23-16-19-13-8-12(17)15(9-14(13)20-16)21-5-3-18-4-6-21/h8-11,18,22H,3-7H2,1-2H3,(H,19,20)/t10-,11+/m1/s1. The Morgan fingerprint density at radius 3 is 2.78 bits per heavy atom. The lowest BCUT2D eigenvalue weighted by Gasteiger charge is -2.30. The molecule has 2 heterocycles. The fourth-order valence-corrected chi connectivity index (χ4v) is 4.28. The molecule has 1 fully saturated rings. The summed E-state index contributed by atoms with van der Waals surface area (Å²) in [4.78, 5) is 10.3. The molecule has 1 aromatic carbocycles. The molecule has 0 saturated carbocycles. The van der Waals surface area contributed by atoms with Gasteiger partial charge in [0.25, 0.3) is 0 Å². The Kier molecular flexibility index (Phi) is 5.36. The number of rotatable bonds is 5. The van der Waals surface area contributed by atoms with Crippen LogP contribution in [0.15, 0.2) is 17.3 Å². The molecule has 126 valence electrons. The molecular formula is C16H23ClN4OS. The Labute approximate surface area is 145 Å². The van der Waals surface area contributed by atoms with E-state index < -0.39 is 0 Å². The summed E-state index contributed by atoms with van der Waals surface area (Å²) < 4.78 is 0. The van der Waals surface area contributed by atoms with E-state index in [-0.39, 0.29) is 6.10 Å². The third-order valence-corrected chi connectivity index (χ3v) is 5.29. The van der Waals surface area contributed by atoms with Crippen molar-refractivity contribution >= 4 is 40.1 Å². The molecule has 0 radical (unpaired) electrons. The van der Waals surface area contributed by atoms with Gasteiger partial charge in [0.05, 0.1) is 27.8 Å². The van der Waals surface area contributed by atoms with Crippen molar-refractivity contribution in [3.8, 4) is 0 Å². The highest BCUT2D eigenvalue weighted by atomic mass is 35.5. The monoisotopic (exact) mass is 354 g/mol. The largest absolute Gasteiger partial charge is 0.393 e. The summed E-state index contributed by atoms with van der Waals surface area (Å²) >= 11 is 8.12. The Morgan fingerprint density at radius 1 is 1.35 bits per heavy atom. The molecule has 3 rings (SSSR count). The molecule has 1 aliphatic rings. The van der Waals surface area contributed by atoms with E-state index in [0.717, 1.165) is 59.5 Å². The fourth-order valence-electron chi connectivity index (χ4n) is 2.92. The Morgan fingerprint density at radius 2 is 2.09 bits per heavy atom. The van der Waals surface area contributed by atoms with Crippen LogP contribution in [0.4, 0.5) is 5.69 Å². The number of hydrogen-bond acceptors (Lipinski definition) is 5. The number of halogens is 1. The van der Waals surface area contributed by atoms with Gasteiger partial charge in [-0.15, -0.1) is 0 Å². The third-order valence-electron chi connectivity index (χ3n) is 3.97. The van der Waals surface area contributed by atoms with E-state index in [1.165, 1.54) is 0 Å². The second-order valence-electron chi connectivity index (χ2n) is 6.11. The molecule has 5 nitrogen and oxygen atoms in total. The van der Waals surface area contributed by atoms with Gasteiger partial charge in [0.15, 0.2) is 5.16 Å². The number of imidazole rings is 1. The highest BCUT2D eigenvalue weighted by Crippen LogP contribution is 2.32. The van der Waals surface area contributed by atoms with Crippen molar-refractivity contribution in [2.75, 3.05) is 31.1 Å². The van der Waals surface area contributed by atoms with Crippen molar-refractivity contribution in [3.63, 3.8) is 0 Å². The first-order chi connectivity index (χ1) is 11.0. The number of aliphatic hydroxyl groups excluding tert-OH is 1. The van der Waals surface area contributed by atoms with Crippen molar-refractivity contribution in [1.82, 2.24) is 15.3 Å². The van der Waals surface area contributed by atoms with Crippen LogP contribution in [-0.2, 0) is 0 Å². The van der Waals surface area contributed by atoms with E-state index in [0.29, 0.717) is 5.25 Å². The van der Waals surface area contributed by atoms with Crippen LogP contribution in [0.5, 0.6) is 0 Å². The van der Waals surface area contributed by atoms with Gasteiger partial charge in [0.1, 0.15) is 0 Å². The normalized spacial score (nSPS) is 18.3. The number of nitrogens with zero attached hydrogens (tertiary/aromatic N) is 2. The first-order valence-electron chi connectivity index (χ1n) is 8.02. The Balaban J connectivity index is 1.82. The smallest absolute Gasteiger partial charge is 0.166 e. The number of anilines is 1. The van der Waals surface area contributed by atoms with Crippen LogP contribution in [-0.4, -0.2) is 52.6 Å². The van der Waals surface area contributed by atoms with Crippen LogP contribution in [0.25, 0.3) is 11.0 Å². The predicted octanol–water partition coefficient (Wildman–Crippen LogP) is 2.88. The molecular weight excluding hydrogens is 332 g/mol. The van der Waals surface area contributed by atoms with E-state index in [4.69, 9.17) is 11.6 Å². The van der Waals surface area contributed by atoms with Crippen LogP contribution in [0.3, 0.4) is 0 Å². The zero-order valence-electron chi connectivity index (χ0n) is 13.5. The van der Waals surface area contributed by atoms with E-state index in [1.807, 2.05) is 13.0 Å². The molecule has 0 amide bonds. The topological polar surface area (TPSA) is 64.2 Å². The number of nitrogens with one attached hydrogen (secondary N) is 2. The third kappa shape index (κ3) is 4.12. The molecule has 0 bridgehead atoms. The van der Waals surface area contributed by atoms with E-state index in [9.17, 15) is 5.11 Å². The van der Waals surface area contributed by atoms with Gasteiger partial charge < -0.3 is 20.3 Å². The molecule has 3 N–H and O–H groups in total. The highest BCUT2D eigenvalue weighted by Gasteiger charge is 2.17. The number of aromatic nitrogens is 2. The van der Waals surface area contributed by atoms with Crippen molar-refractivity contribution in [2.24, 2.45) is 0 Å². The number of piperazine rings is 1. The number of aliphatic hydroxyl groups is 1. The molecule has 2 atom stereocenters. The summed E-state index contributed by atoms with van der Waals surface area (Å²) in [5, 5.41) is 14.8. The molecule has 2 aromatic rings. The van der Waals surface area contributed by atoms with Gasteiger partial charge in [-0.25, -0.2) is 4.98 Å². The maximum atomic E-state index is 9.49. The second-order valence-corrected chi connectivity index (χ2v) is 7.95. The minimum atomic E-state index is -0.296. The Hall–Kier alpha value is -0.950. The number of H-pyrrole nitrogens is 1.